The molecular formula is C21H27N3O3. The summed E-state index contributed by atoms with van der Waals surface area (Å²) in [5.74, 6) is -0.0895. The van der Waals surface area contributed by atoms with Crippen molar-refractivity contribution in [2.45, 2.75) is 33.1 Å². The SMILES string of the molecule is CCN(CC)C(=O)c1cc(NC(=O)c2ccco2)ccc1N1CCCCC1. The van der Waals surface area contributed by atoms with Crippen LogP contribution in [0.1, 0.15) is 54.0 Å². The Morgan fingerprint density at radius 2 is 1.85 bits per heavy atom. The van der Waals surface area contributed by atoms with Gasteiger partial charge in [-0.2, -0.15) is 0 Å². The van der Waals surface area contributed by atoms with Gasteiger partial charge in [0.2, 0.25) is 0 Å². The molecule has 0 bridgehead atoms. The number of benzene rings is 1. The summed E-state index contributed by atoms with van der Waals surface area (Å²) in [5.41, 5.74) is 2.17. The van der Waals surface area contributed by atoms with Crippen LogP contribution in [0.3, 0.4) is 0 Å². The van der Waals surface area contributed by atoms with Crippen LogP contribution in [0.25, 0.3) is 0 Å². The summed E-state index contributed by atoms with van der Waals surface area (Å²) in [6.45, 7) is 7.16. The van der Waals surface area contributed by atoms with E-state index >= 15 is 0 Å². The minimum Gasteiger partial charge on any atom is -0.459 e. The van der Waals surface area contributed by atoms with Crippen LogP contribution in [0.5, 0.6) is 0 Å². The summed E-state index contributed by atoms with van der Waals surface area (Å²) >= 11 is 0. The first-order chi connectivity index (χ1) is 13.1. The van der Waals surface area contributed by atoms with Crippen LogP contribution >= 0.6 is 0 Å². The van der Waals surface area contributed by atoms with E-state index in [1.807, 2.05) is 26.0 Å². The van der Waals surface area contributed by atoms with Gasteiger partial charge in [-0.1, -0.05) is 0 Å². The normalized spacial score (nSPS) is 14.1. The fourth-order valence-corrected chi connectivity index (χ4v) is 3.48. The lowest BCUT2D eigenvalue weighted by molar-refractivity contribution is 0.0773. The van der Waals surface area contributed by atoms with Gasteiger partial charge in [0.25, 0.3) is 11.8 Å². The molecule has 2 aromatic rings. The Kier molecular flexibility index (Phi) is 6.16. The number of hydrogen-bond donors (Lipinski definition) is 1. The Morgan fingerprint density at radius 3 is 2.48 bits per heavy atom. The van der Waals surface area contributed by atoms with E-state index in [2.05, 4.69) is 10.2 Å². The lowest BCUT2D eigenvalue weighted by Crippen LogP contribution is -2.35. The zero-order chi connectivity index (χ0) is 19.2. The van der Waals surface area contributed by atoms with Gasteiger partial charge in [0.1, 0.15) is 0 Å². The van der Waals surface area contributed by atoms with Crippen LogP contribution in [0.2, 0.25) is 0 Å². The van der Waals surface area contributed by atoms with E-state index in [1.165, 1.54) is 12.7 Å². The first-order valence-corrected chi connectivity index (χ1v) is 9.67. The van der Waals surface area contributed by atoms with Gasteiger partial charge in [-0.15, -0.1) is 0 Å². The van der Waals surface area contributed by atoms with E-state index in [4.69, 9.17) is 4.42 Å². The molecular weight excluding hydrogens is 342 g/mol. The topological polar surface area (TPSA) is 65.8 Å². The Labute approximate surface area is 160 Å². The van der Waals surface area contributed by atoms with Crippen LogP contribution in [-0.4, -0.2) is 42.9 Å². The third kappa shape index (κ3) is 4.32. The quantitative estimate of drug-likeness (QED) is 0.836. The van der Waals surface area contributed by atoms with E-state index in [-0.39, 0.29) is 17.6 Å². The second-order valence-corrected chi connectivity index (χ2v) is 6.69. The van der Waals surface area contributed by atoms with Crippen molar-refractivity contribution < 1.29 is 14.0 Å². The highest BCUT2D eigenvalue weighted by Crippen LogP contribution is 2.28. The third-order valence-electron chi connectivity index (χ3n) is 4.98. The van der Waals surface area contributed by atoms with Crippen LogP contribution < -0.4 is 10.2 Å². The average molecular weight is 369 g/mol. The van der Waals surface area contributed by atoms with Gasteiger partial charge < -0.3 is 19.5 Å². The van der Waals surface area contributed by atoms with E-state index in [0.717, 1.165) is 31.6 Å². The summed E-state index contributed by atoms with van der Waals surface area (Å²) in [4.78, 5) is 29.5. The second kappa shape index (κ2) is 8.75. The minimum absolute atomic E-state index is 0.00493. The lowest BCUT2D eigenvalue weighted by atomic mass is 10.0. The van der Waals surface area contributed by atoms with Crippen molar-refractivity contribution in [2.75, 3.05) is 36.4 Å². The first kappa shape index (κ1) is 19.0. The fourth-order valence-electron chi connectivity index (χ4n) is 3.48. The molecule has 1 aromatic heterocycles. The Hall–Kier alpha value is -2.76. The number of carbonyl (C=O) groups is 2. The predicted octanol–water partition coefficient (Wildman–Crippen LogP) is 4.00. The summed E-state index contributed by atoms with van der Waals surface area (Å²) in [7, 11) is 0. The molecule has 6 nitrogen and oxygen atoms in total. The highest BCUT2D eigenvalue weighted by Gasteiger charge is 2.22. The van der Waals surface area contributed by atoms with E-state index in [9.17, 15) is 9.59 Å². The molecule has 1 aromatic carbocycles. The second-order valence-electron chi connectivity index (χ2n) is 6.69. The van der Waals surface area contributed by atoms with Crippen molar-refractivity contribution in [3.63, 3.8) is 0 Å². The molecule has 1 N–H and O–H groups in total. The lowest BCUT2D eigenvalue weighted by Gasteiger charge is -2.31. The minimum atomic E-state index is -0.327. The molecule has 144 valence electrons. The number of nitrogens with zero attached hydrogens (tertiary/aromatic N) is 2. The summed E-state index contributed by atoms with van der Waals surface area (Å²) in [6, 6.07) is 8.86. The van der Waals surface area contributed by atoms with Crippen molar-refractivity contribution >= 4 is 23.2 Å². The van der Waals surface area contributed by atoms with Crippen molar-refractivity contribution in [3.05, 3.63) is 47.9 Å². The smallest absolute Gasteiger partial charge is 0.291 e. The standard InChI is InChI=1S/C21H27N3O3/c1-3-23(4-2)21(26)17-15-16(22-20(25)19-9-8-14-27-19)10-11-18(17)24-12-6-5-7-13-24/h8-11,14-15H,3-7,12-13H2,1-2H3,(H,22,25). The monoisotopic (exact) mass is 369 g/mol. The summed E-state index contributed by atoms with van der Waals surface area (Å²) in [5, 5.41) is 2.82. The van der Waals surface area contributed by atoms with Crippen molar-refractivity contribution in [1.29, 1.82) is 0 Å². The van der Waals surface area contributed by atoms with E-state index in [1.54, 1.807) is 23.1 Å². The zero-order valence-electron chi connectivity index (χ0n) is 16.0. The van der Waals surface area contributed by atoms with Gasteiger partial charge in [0.05, 0.1) is 11.8 Å². The first-order valence-electron chi connectivity index (χ1n) is 9.67. The van der Waals surface area contributed by atoms with Gasteiger partial charge in [-0.05, 0) is 63.4 Å². The van der Waals surface area contributed by atoms with Gasteiger partial charge in [0, 0.05) is 37.6 Å². The molecule has 3 rings (SSSR count). The molecule has 1 fully saturated rings. The third-order valence-corrected chi connectivity index (χ3v) is 4.98. The molecule has 1 saturated heterocycles. The summed E-state index contributed by atoms with van der Waals surface area (Å²) in [6.07, 6.45) is 4.96. The number of furan rings is 1. The van der Waals surface area contributed by atoms with Crippen LogP contribution in [-0.2, 0) is 0 Å². The molecule has 0 unspecified atom stereocenters. The zero-order valence-corrected chi connectivity index (χ0v) is 16.0. The Morgan fingerprint density at radius 1 is 1.11 bits per heavy atom. The average Bonchev–Trinajstić information content (AvgIpc) is 3.24. The van der Waals surface area contributed by atoms with Gasteiger partial charge in [0.15, 0.2) is 5.76 Å². The molecule has 0 atom stereocenters. The maximum absolute atomic E-state index is 13.1. The maximum Gasteiger partial charge on any atom is 0.291 e. The molecule has 1 aliphatic rings. The Balaban J connectivity index is 1.91. The molecule has 0 spiro atoms. The number of carbonyl (C=O) groups excluding carboxylic acids is 2. The van der Waals surface area contributed by atoms with Gasteiger partial charge >= 0.3 is 0 Å². The summed E-state index contributed by atoms with van der Waals surface area (Å²) < 4.78 is 5.14. The number of hydrogen-bond acceptors (Lipinski definition) is 4. The van der Waals surface area contributed by atoms with Crippen LogP contribution in [0.4, 0.5) is 11.4 Å². The molecule has 6 heteroatoms. The molecule has 0 saturated carbocycles. The molecule has 1 aliphatic heterocycles. The molecule has 0 radical (unpaired) electrons. The number of rotatable bonds is 6. The van der Waals surface area contributed by atoms with Crippen LogP contribution in [0, 0.1) is 0 Å². The highest BCUT2D eigenvalue weighted by molar-refractivity contribution is 6.05. The molecule has 27 heavy (non-hydrogen) atoms. The van der Waals surface area contributed by atoms with Crippen LogP contribution in [0.15, 0.2) is 41.0 Å². The van der Waals surface area contributed by atoms with Crippen molar-refractivity contribution in [3.8, 4) is 0 Å². The van der Waals surface area contributed by atoms with Gasteiger partial charge in [-0.25, -0.2) is 0 Å². The molecule has 0 aliphatic carbocycles. The molecule has 2 amide bonds. The van der Waals surface area contributed by atoms with Crippen molar-refractivity contribution in [1.82, 2.24) is 4.90 Å². The predicted molar refractivity (Wildman–Crippen MR) is 106 cm³/mol. The fraction of sp³-hybridized carbons (Fsp3) is 0.429. The number of nitrogens with one attached hydrogen (secondary N) is 1. The maximum atomic E-state index is 13.1. The van der Waals surface area contributed by atoms with Crippen molar-refractivity contribution in [2.24, 2.45) is 0 Å². The van der Waals surface area contributed by atoms with E-state index in [0.29, 0.717) is 24.3 Å². The number of amides is 2. The molecule has 2 heterocycles. The number of piperidine rings is 1. The number of anilines is 2. The van der Waals surface area contributed by atoms with E-state index < -0.39 is 0 Å². The largest absolute Gasteiger partial charge is 0.459 e. The van der Waals surface area contributed by atoms with Gasteiger partial charge in [-0.3, -0.25) is 9.59 Å². The Bertz CT molecular complexity index is 776. The highest BCUT2D eigenvalue weighted by atomic mass is 16.3.